The number of nitrogens with zero attached hydrogens (tertiary/aromatic N) is 1. The Morgan fingerprint density at radius 3 is 1.87 bits per heavy atom. The molecule has 0 radical (unpaired) electrons. The molecule has 2 aromatic heterocycles. The summed E-state index contributed by atoms with van der Waals surface area (Å²) in [6, 6.07) is 52.1. The summed E-state index contributed by atoms with van der Waals surface area (Å²) in [6.45, 7) is 4.71. The quantitative estimate of drug-likeness (QED) is 0.189. The lowest BCUT2D eigenvalue weighted by Crippen LogP contribution is -2.15. The predicted octanol–water partition coefficient (Wildman–Crippen LogP) is 13.4. The van der Waals surface area contributed by atoms with Crippen LogP contribution in [0.15, 0.2) is 140 Å². The minimum Gasteiger partial charge on any atom is -0.310 e. The Labute approximate surface area is 275 Å². The molecule has 0 amide bonds. The van der Waals surface area contributed by atoms with Gasteiger partial charge in [0, 0.05) is 62.5 Å². The van der Waals surface area contributed by atoms with E-state index >= 15 is 0 Å². The van der Waals surface area contributed by atoms with Crippen LogP contribution < -0.4 is 4.90 Å². The fourth-order valence-electron chi connectivity index (χ4n) is 7.88. The van der Waals surface area contributed by atoms with Gasteiger partial charge in [0.05, 0.1) is 5.69 Å². The van der Waals surface area contributed by atoms with Crippen LogP contribution in [0.25, 0.3) is 62.2 Å². The summed E-state index contributed by atoms with van der Waals surface area (Å²) in [4.78, 5) is 2.51. The highest BCUT2D eigenvalue weighted by Crippen LogP contribution is 2.52. The molecule has 0 spiro atoms. The summed E-state index contributed by atoms with van der Waals surface area (Å²) >= 11 is 3.76. The van der Waals surface area contributed by atoms with E-state index in [9.17, 15) is 0 Å². The predicted molar refractivity (Wildman–Crippen MR) is 202 cm³/mol. The number of hydrogen-bond donors (Lipinski definition) is 0. The van der Waals surface area contributed by atoms with Crippen LogP contribution in [0.1, 0.15) is 25.0 Å². The first kappa shape index (κ1) is 26.3. The molecule has 0 aliphatic heterocycles. The molecule has 46 heavy (non-hydrogen) atoms. The molecule has 218 valence electrons. The minimum absolute atomic E-state index is 0.0352. The van der Waals surface area contributed by atoms with Crippen molar-refractivity contribution in [2.45, 2.75) is 19.3 Å². The van der Waals surface area contributed by atoms with Crippen molar-refractivity contribution in [3.63, 3.8) is 0 Å². The van der Waals surface area contributed by atoms with Crippen LogP contribution >= 0.6 is 22.7 Å². The average molecular weight is 624 g/mol. The van der Waals surface area contributed by atoms with E-state index in [2.05, 4.69) is 158 Å². The van der Waals surface area contributed by atoms with Crippen LogP contribution in [0.5, 0.6) is 0 Å². The van der Waals surface area contributed by atoms with Gasteiger partial charge in [-0.2, -0.15) is 0 Å². The number of anilines is 3. The van der Waals surface area contributed by atoms with Crippen LogP contribution in [0.2, 0.25) is 0 Å². The Kier molecular flexibility index (Phi) is 5.44. The van der Waals surface area contributed by atoms with E-state index in [0.29, 0.717) is 0 Å². The Balaban J connectivity index is 1.30. The molecule has 1 aliphatic carbocycles. The van der Waals surface area contributed by atoms with Gasteiger partial charge >= 0.3 is 0 Å². The highest BCUT2D eigenvalue weighted by Gasteiger charge is 2.35. The summed E-state index contributed by atoms with van der Waals surface area (Å²) in [5.41, 5.74) is 8.98. The number of thiophene rings is 2. The summed E-state index contributed by atoms with van der Waals surface area (Å²) in [5, 5.41) is 7.87. The van der Waals surface area contributed by atoms with E-state index in [1.165, 1.54) is 90.4 Å². The number of rotatable bonds is 3. The van der Waals surface area contributed by atoms with Crippen LogP contribution in [0, 0.1) is 0 Å². The van der Waals surface area contributed by atoms with Gasteiger partial charge in [0.15, 0.2) is 0 Å². The second-order valence-corrected chi connectivity index (χ2v) is 15.1. The molecule has 0 atom stereocenters. The molecule has 2 heterocycles. The summed E-state index contributed by atoms with van der Waals surface area (Å²) in [7, 11) is 0. The molecule has 3 heteroatoms. The third kappa shape index (κ3) is 3.61. The molecule has 0 saturated carbocycles. The molecule has 1 aliphatic rings. The first-order chi connectivity index (χ1) is 22.6. The zero-order valence-electron chi connectivity index (χ0n) is 25.5. The van der Waals surface area contributed by atoms with E-state index in [1.807, 2.05) is 22.7 Å². The van der Waals surface area contributed by atoms with Crippen molar-refractivity contribution in [1.82, 2.24) is 0 Å². The molecule has 0 saturated heterocycles. The van der Waals surface area contributed by atoms with E-state index in [0.717, 1.165) is 0 Å². The largest absolute Gasteiger partial charge is 0.310 e. The number of benzene rings is 7. The SMILES string of the molecule is CC1(C)c2ccccc2-c2cc(N(c3ccc4sc5ccccc5c4c3)c3cc4sc5ccccc5c4c4ccccc34)ccc21. The molecule has 0 unspecified atom stereocenters. The Morgan fingerprint density at radius 1 is 0.435 bits per heavy atom. The van der Waals surface area contributed by atoms with Crippen LogP contribution in [-0.4, -0.2) is 0 Å². The topological polar surface area (TPSA) is 3.24 Å². The molecule has 10 rings (SSSR count). The lowest BCUT2D eigenvalue weighted by Gasteiger charge is -2.28. The van der Waals surface area contributed by atoms with E-state index in [-0.39, 0.29) is 5.41 Å². The van der Waals surface area contributed by atoms with Gasteiger partial charge in [-0.05, 0) is 76.2 Å². The molecular weight excluding hydrogens is 595 g/mol. The van der Waals surface area contributed by atoms with Gasteiger partial charge in [-0.25, -0.2) is 0 Å². The molecule has 1 nitrogen and oxygen atoms in total. The monoisotopic (exact) mass is 623 g/mol. The van der Waals surface area contributed by atoms with Crippen LogP contribution in [0.3, 0.4) is 0 Å². The van der Waals surface area contributed by atoms with Gasteiger partial charge in [0.25, 0.3) is 0 Å². The summed E-state index contributed by atoms with van der Waals surface area (Å²) in [5.74, 6) is 0. The maximum Gasteiger partial charge on any atom is 0.0554 e. The Bertz CT molecular complexity index is 2690. The first-order valence-corrected chi connectivity index (χ1v) is 17.5. The van der Waals surface area contributed by atoms with Gasteiger partial charge in [-0.15, -0.1) is 22.7 Å². The smallest absolute Gasteiger partial charge is 0.0554 e. The third-order valence-corrected chi connectivity index (χ3v) is 12.3. The number of fused-ring (bicyclic) bond motifs is 11. The fourth-order valence-corrected chi connectivity index (χ4v) is 10.1. The van der Waals surface area contributed by atoms with Gasteiger partial charge in [0.2, 0.25) is 0 Å². The highest BCUT2D eigenvalue weighted by molar-refractivity contribution is 7.26. The molecular formula is C43H29NS2. The van der Waals surface area contributed by atoms with Crippen LogP contribution in [0.4, 0.5) is 17.1 Å². The minimum atomic E-state index is -0.0352. The van der Waals surface area contributed by atoms with Gasteiger partial charge in [-0.1, -0.05) is 105 Å². The lowest BCUT2D eigenvalue weighted by atomic mass is 9.82. The molecule has 0 fully saturated rings. The van der Waals surface area contributed by atoms with Crippen molar-refractivity contribution in [2.75, 3.05) is 4.90 Å². The first-order valence-electron chi connectivity index (χ1n) is 15.9. The van der Waals surface area contributed by atoms with E-state index in [4.69, 9.17) is 0 Å². The van der Waals surface area contributed by atoms with Gasteiger partial charge in [0.1, 0.15) is 0 Å². The van der Waals surface area contributed by atoms with E-state index in [1.54, 1.807) is 0 Å². The molecule has 7 aromatic carbocycles. The molecule has 9 aromatic rings. The summed E-state index contributed by atoms with van der Waals surface area (Å²) < 4.78 is 5.29. The lowest BCUT2D eigenvalue weighted by molar-refractivity contribution is 0.660. The molecule has 0 N–H and O–H groups in total. The number of hydrogen-bond acceptors (Lipinski definition) is 3. The van der Waals surface area contributed by atoms with Crippen LogP contribution in [-0.2, 0) is 5.41 Å². The van der Waals surface area contributed by atoms with Gasteiger partial charge < -0.3 is 4.90 Å². The normalized spacial score (nSPS) is 13.6. The second-order valence-electron chi connectivity index (χ2n) is 12.9. The average Bonchev–Trinajstić information content (AvgIpc) is 3.73. The maximum atomic E-state index is 2.51. The standard InChI is InChI=1S/C43H29NS2/c1-43(2)35-16-8-5-11-28(35)33-23-26(19-21-36(33)43)44(27-20-22-40-34(24-27)30-13-6-9-17-38(30)45-40)37-25-41-42(31-14-4-3-12-29(31)37)32-15-7-10-18-39(32)46-41/h3-25H,1-2H3. The van der Waals surface area contributed by atoms with Crippen molar-refractivity contribution in [2.24, 2.45) is 0 Å². The molecule has 0 bridgehead atoms. The maximum absolute atomic E-state index is 2.51. The zero-order valence-corrected chi connectivity index (χ0v) is 27.2. The fraction of sp³-hybridized carbons (Fsp3) is 0.0698. The summed E-state index contributed by atoms with van der Waals surface area (Å²) in [6.07, 6.45) is 0. The Hall–Kier alpha value is -4.96. The van der Waals surface area contributed by atoms with Gasteiger partial charge in [-0.3, -0.25) is 0 Å². The highest BCUT2D eigenvalue weighted by atomic mass is 32.1. The van der Waals surface area contributed by atoms with Crippen molar-refractivity contribution >= 4 is 90.9 Å². The van der Waals surface area contributed by atoms with Crippen molar-refractivity contribution in [1.29, 1.82) is 0 Å². The second kappa shape index (κ2) is 9.53. The van der Waals surface area contributed by atoms with E-state index < -0.39 is 0 Å². The van der Waals surface area contributed by atoms with Crippen molar-refractivity contribution in [3.05, 3.63) is 151 Å². The third-order valence-electron chi connectivity index (χ3n) is 10.0. The van der Waals surface area contributed by atoms with Crippen molar-refractivity contribution < 1.29 is 0 Å². The Morgan fingerprint density at radius 2 is 1.02 bits per heavy atom. The van der Waals surface area contributed by atoms with Crippen molar-refractivity contribution in [3.8, 4) is 11.1 Å². The zero-order chi connectivity index (χ0) is 30.6.